The van der Waals surface area contributed by atoms with Crippen LogP contribution in [-0.4, -0.2) is 9.78 Å². The molecule has 0 aliphatic heterocycles. The summed E-state index contributed by atoms with van der Waals surface area (Å²) in [5, 5.41) is 16.0. The van der Waals surface area contributed by atoms with Crippen LogP contribution in [0.2, 0.25) is 0 Å². The first-order chi connectivity index (χ1) is 8.31. The summed E-state index contributed by atoms with van der Waals surface area (Å²) in [6.07, 6.45) is 5.34. The summed E-state index contributed by atoms with van der Waals surface area (Å²) in [5.41, 5.74) is 2.72. The smallest absolute Gasteiger partial charge is 0.0991 e. The van der Waals surface area contributed by atoms with Gasteiger partial charge in [-0.25, -0.2) is 4.68 Å². The van der Waals surface area contributed by atoms with Crippen LogP contribution in [0.15, 0.2) is 43.2 Å². The molecule has 0 bridgehead atoms. The Morgan fingerprint density at radius 2 is 2.18 bits per heavy atom. The minimum absolute atomic E-state index is 0.662. The third kappa shape index (κ3) is 2.73. The maximum Gasteiger partial charge on any atom is 0.0991 e. The average molecular weight is 224 g/mol. The van der Waals surface area contributed by atoms with E-state index in [0.29, 0.717) is 12.1 Å². The minimum atomic E-state index is 0.662. The lowest BCUT2D eigenvalue weighted by Crippen LogP contribution is -1.98. The molecule has 0 amide bonds. The zero-order chi connectivity index (χ0) is 12.1. The van der Waals surface area contributed by atoms with Crippen molar-refractivity contribution in [3.05, 3.63) is 54.4 Å². The van der Waals surface area contributed by atoms with E-state index in [4.69, 9.17) is 5.26 Å². The van der Waals surface area contributed by atoms with E-state index >= 15 is 0 Å². The predicted octanol–water partition coefficient (Wildman–Crippen LogP) is 2.47. The highest BCUT2D eigenvalue weighted by atomic mass is 15.2. The number of rotatable bonds is 4. The van der Waals surface area contributed by atoms with Crippen molar-refractivity contribution >= 4 is 11.9 Å². The molecule has 84 valence electrons. The molecule has 0 radical (unpaired) electrons. The Labute approximate surface area is 99.8 Å². The number of aromatic nitrogens is 2. The molecule has 1 aromatic heterocycles. The van der Waals surface area contributed by atoms with Crippen LogP contribution >= 0.6 is 0 Å². The van der Waals surface area contributed by atoms with Crippen LogP contribution in [0, 0.1) is 11.3 Å². The molecule has 2 rings (SSSR count). The van der Waals surface area contributed by atoms with Crippen molar-refractivity contribution in [2.75, 3.05) is 5.32 Å². The number of benzene rings is 1. The molecule has 0 aliphatic rings. The van der Waals surface area contributed by atoms with Gasteiger partial charge >= 0.3 is 0 Å². The first kappa shape index (κ1) is 11.0. The lowest BCUT2D eigenvalue weighted by Gasteiger charge is -2.03. The van der Waals surface area contributed by atoms with E-state index in [1.807, 2.05) is 18.3 Å². The Hall–Kier alpha value is -2.54. The van der Waals surface area contributed by atoms with Crippen LogP contribution in [-0.2, 0) is 6.54 Å². The molecule has 2 aromatic rings. The standard InChI is InChI=1S/C13H12N4/c1-2-17-10-12(9-16-17)8-15-13-5-3-11(7-14)4-6-13/h2-6,9-10,15H,1,8H2. The molecule has 1 heterocycles. The molecule has 0 saturated heterocycles. The maximum atomic E-state index is 8.68. The average Bonchev–Trinajstić information content (AvgIpc) is 2.85. The molecule has 0 spiro atoms. The molecule has 0 fully saturated rings. The molecular formula is C13H12N4. The summed E-state index contributed by atoms with van der Waals surface area (Å²) >= 11 is 0. The van der Waals surface area contributed by atoms with Crippen LogP contribution in [0.1, 0.15) is 11.1 Å². The Balaban J connectivity index is 1.97. The summed E-state index contributed by atoms with van der Waals surface area (Å²) in [6, 6.07) is 9.43. The van der Waals surface area contributed by atoms with Crippen LogP contribution in [0.3, 0.4) is 0 Å². The first-order valence-electron chi connectivity index (χ1n) is 5.21. The fourth-order valence-corrected chi connectivity index (χ4v) is 1.44. The van der Waals surface area contributed by atoms with Crippen molar-refractivity contribution in [1.82, 2.24) is 9.78 Å². The van der Waals surface area contributed by atoms with Gasteiger partial charge in [-0.1, -0.05) is 6.58 Å². The van der Waals surface area contributed by atoms with Gasteiger partial charge in [0.15, 0.2) is 0 Å². The fourth-order valence-electron chi connectivity index (χ4n) is 1.44. The molecule has 4 nitrogen and oxygen atoms in total. The predicted molar refractivity (Wildman–Crippen MR) is 67.1 cm³/mol. The van der Waals surface area contributed by atoms with Gasteiger partial charge in [0.2, 0.25) is 0 Å². The fraction of sp³-hybridized carbons (Fsp3) is 0.0769. The van der Waals surface area contributed by atoms with Gasteiger partial charge in [0.05, 0.1) is 17.8 Å². The van der Waals surface area contributed by atoms with E-state index in [-0.39, 0.29) is 0 Å². The highest BCUT2D eigenvalue weighted by molar-refractivity contribution is 5.47. The van der Waals surface area contributed by atoms with Gasteiger partial charge in [0.1, 0.15) is 0 Å². The van der Waals surface area contributed by atoms with Crippen molar-refractivity contribution < 1.29 is 0 Å². The SMILES string of the molecule is C=Cn1cc(CNc2ccc(C#N)cc2)cn1. The van der Waals surface area contributed by atoms with Crippen LogP contribution < -0.4 is 5.32 Å². The monoisotopic (exact) mass is 224 g/mol. The van der Waals surface area contributed by atoms with Gasteiger partial charge < -0.3 is 5.32 Å². The molecule has 0 unspecified atom stereocenters. The topological polar surface area (TPSA) is 53.6 Å². The minimum Gasteiger partial charge on any atom is -0.381 e. The van der Waals surface area contributed by atoms with Crippen molar-refractivity contribution in [2.24, 2.45) is 0 Å². The van der Waals surface area contributed by atoms with E-state index < -0.39 is 0 Å². The molecule has 1 N–H and O–H groups in total. The third-order valence-corrected chi connectivity index (χ3v) is 2.35. The highest BCUT2D eigenvalue weighted by Crippen LogP contribution is 2.10. The zero-order valence-electron chi connectivity index (χ0n) is 9.30. The molecule has 17 heavy (non-hydrogen) atoms. The van der Waals surface area contributed by atoms with Crippen molar-refractivity contribution in [2.45, 2.75) is 6.54 Å². The normalized spacial score (nSPS) is 9.59. The number of hydrogen-bond donors (Lipinski definition) is 1. The van der Waals surface area contributed by atoms with Gasteiger partial charge in [-0.3, -0.25) is 0 Å². The van der Waals surface area contributed by atoms with E-state index in [1.54, 1.807) is 29.2 Å². The van der Waals surface area contributed by atoms with E-state index in [0.717, 1.165) is 11.3 Å². The molecular weight excluding hydrogens is 212 g/mol. The van der Waals surface area contributed by atoms with Gasteiger partial charge in [-0.2, -0.15) is 10.4 Å². The molecule has 4 heteroatoms. The molecule has 0 aliphatic carbocycles. The van der Waals surface area contributed by atoms with E-state index in [2.05, 4.69) is 23.1 Å². The lowest BCUT2D eigenvalue weighted by molar-refractivity contribution is 0.936. The van der Waals surface area contributed by atoms with Crippen molar-refractivity contribution in [3.63, 3.8) is 0 Å². The largest absolute Gasteiger partial charge is 0.381 e. The number of hydrogen-bond acceptors (Lipinski definition) is 3. The summed E-state index contributed by atoms with van der Waals surface area (Å²) in [4.78, 5) is 0. The van der Waals surface area contributed by atoms with Crippen molar-refractivity contribution in [1.29, 1.82) is 5.26 Å². The maximum absolute atomic E-state index is 8.68. The van der Waals surface area contributed by atoms with Crippen LogP contribution in [0.4, 0.5) is 5.69 Å². The second-order valence-corrected chi connectivity index (χ2v) is 3.55. The molecule has 0 atom stereocenters. The Morgan fingerprint density at radius 3 is 2.76 bits per heavy atom. The van der Waals surface area contributed by atoms with Gasteiger partial charge in [0, 0.05) is 30.2 Å². The zero-order valence-corrected chi connectivity index (χ0v) is 9.30. The number of anilines is 1. The number of nitriles is 1. The molecule has 0 saturated carbocycles. The summed E-state index contributed by atoms with van der Waals surface area (Å²) < 4.78 is 1.66. The van der Waals surface area contributed by atoms with Gasteiger partial charge in [0.25, 0.3) is 0 Å². The van der Waals surface area contributed by atoms with Gasteiger partial charge in [-0.15, -0.1) is 0 Å². The summed E-state index contributed by atoms with van der Waals surface area (Å²) in [6.45, 7) is 4.33. The van der Waals surface area contributed by atoms with Crippen molar-refractivity contribution in [3.8, 4) is 6.07 Å². The summed E-state index contributed by atoms with van der Waals surface area (Å²) in [5.74, 6) is 0. The Bertz CT molecular complexity index is 546. The van der Waals surface area contributed by atoms with Gasteiger partial charge in [-0.05, 0) is 24.3 Å². The highest BCUT2D eigenvalue weighted by Gasteiger charge is 1.97. The lowest BCUT2D eigenvalue weighted by atomic mass is 10.2. The number of nitrogens with zero attached hydrogens (tertiary/aromatic N) is 3. The van der Waals surface area contributed by atoms with E-state index in [9.17, 15) is 0 Å². The number of nitrogens with one attached hydrogen (secondary N) is 1. The second-order valence-electron chi connectivity index (χ2n) is 3.55. The first-order valence-corrected chi connectivity index (χ1v) is 5.21. The Morgan fingerprint density at radius 1 is 1.41 bits per heavy atom. The third-order valence-electron chi connectivity index (χ3n) is 2.35. The van der Waals surface area contributed by atoms with Crippen LogP contribution in [0.5, 0.6) is 0 Å². The summed E-state index contributed by atoms with van der Waals surface area (Å²) in [7, 11) is 0. The Kier molecular flexibility index (Phi) is 3.22. The quantitative estimate of drug-likeness (QED) is 0.867. The van der Waals surface area contributed by atoms with Crippen LogP contribution in [0.25, 0.3) is 6.20 Å². The molecule has 1 aromatic carbocycles. The van der Waals surface area contributed by atoms with E-state index in [1.165, 1.54) is 0 Å². The second kappa shape index (κ2) is 4.99.